The lowest BCUT2D eigenvalue weighted by molar-refractivity contribution is 0.207. The first-order chi connectivity index (χ1) is 8.74. The lowest BCUT2D eigenvalue weighted by atomic mass is 10.1. The zero-order valence-corrected chi connectivity index (χ0v) is 10.3. The smallest absolute Gasteiger partial charge is 0.140 e. The van der Waals surface area contributed by atoms with E-state index in [9.17, 15) is 4.39 Å². The number of hydrogen-bond donors (Lipinski definition) is 0. The summed E-state index contributed by atoms with van der Waals surface area (Å²) in [5.41, 5.74) is 1.69. The van der Waals surface area contributed by atoms with E-state index in [0.717, 1.165) is 17.5 Å². The molecule has 0 amide bonds. The van der Waals surface area contributed by atoms with Gasteiger partial charge in [0.15, 0.2) is 0 Å². The highest BCUT2D eigenvalue weighted by molar-refractivity contribution is 6.30. The minimum atomic E-state index is -0.150. The first-order valence-corrected chi connectivity index (χ1v) is 6.16. The van der Waals surface area contributed by atoms with Crippen molar-refractivity contribution in [2.75, 3.05) is 0 Å². The van der Waals surface area contributed by atoms with Gasteiger partial charge in [-0.15, -0.1) is 0 Å². The summed E-state index contributed by atoms with van der Waals surface area (Å²) in [5.74, 6) is 0.465. The lowest BCUT2D eigenvalue weighted by Gasteiger charge is -2.14. The lowest BCUT2D eigenvalue weighted by Crippen LogP contribution is -2.03. The standard InChI is InChI=1S/C14H11ClFNO/c15-9-6-10(8-17-7-9)18-14-5-4-11-12(14)2-1-3-13(11)16/h1-3,6-8,14H,4-5H2. The molecular weight excluding hydrogens is 253 g/mol. The van der Waals surface area contributed by atoms with Crippen LogP contribution in [-0.2, 0) is 6.42 Å². The summed E-state index contributed by atoms with van der Waals surface area (Å²) >= 11 is 5.85. The molecule has 18 heavy (non-hydrogen) atoms. The van der Waals surface area contributed by atoms with Crippen LogP contribution in [0.4, 0.5) is 4.39 Å². The van der Waals surface area contributed by atoms with Crippen LogP contribution >= 0.6 is 11.6 Å². The van der Waals surface area contributed by atoms with Gasteiger partial charge in [0.25, 0.3) is 0 Å². The Labute approximate surface area is 109 Å². The molecule has 0 saturated heterocycles. The maximum atomic E-state index is 13.6. The molecule has 4 heteroatoms. The largest absolute Gasteiger partial charge is 0.484 e. The van der Waals surface area contributed by atoms with E-state index in [-0.39, 0.29) is 11.9 Å². The molecule has 1 aromatic carbocycles. The number of aromatic nitrogens is 1. The van der Waals surface area contributed by atoms with E-state index in [1.54, 1.807) is 24.5 Å². The van der Waals surface area contributed by atoms with Crippen molar-refractivity contribution < 1.29 is 9.13 Å². The molecule has 1 heterocycles. The predicted molar refractivity (Wildman–Crippen MR) is 67.3 cm³/mol. The Morgan fingerprint density at radius 3 is 3.06 bits per heavy atom. The Hall–Kier alpha value is -1.61. The van der Waals surface area contributed by atoms with Gasteiger partial charge in [0.05, 0.1) is 11.2 Å². The van der Waals surface area contributed by atoms with Crippen LogP contribution in [0.2, 0.25) is 5.02 Å². The van der Waals surface area contributed by atoms with Gasteiger partial charge in [-0.3, -0.25) is 4.98 Å². The summed E-state index contributed by atoms with van der Waals surface area (Å²) in [7, 11) is 0. The van der Waals surface area contributed by atoms with Crippen molar-refractivity contribution in [2.24, 2.45) is 0 Å². The molecule has 0 saturated carbocycles. The van der Waals surface area contributed by atoms with Crippen molar-refractivity contribution in [1.29, 1.82) is 0 Å². The van der Waals surface area contributed by atoms with Crippen molar-refractivity contribution in [2.45, 2.75) is 18.9 Å². The average molecular weight is 264 g/mol. The minimum absolute atomic E-state index is 0.115. The summed E-state index contributed by atoms with van der Waals surface area (Å²) in [5, 5.41) is 0.532. The Morgan fingerprint density at radius 2 is 2.22 bits per heavy atom. The van der Waals surface area contributed by atoms with Crippen LogP contribution in [0, 0.1) is 5.82 Å². The second kappa shape index (κ2) is 4.58. The quantitative estimate of drug-likeness (QED) is 0.819. The van der Waals surface area contributed by atoms with Gasteiger partial charge in [-0.25, -0.2) is 4.39 Å². The Balaban J connectivity index is 1.87. The van der Waals surface area contributed by atoms with Gasteiger partial charge < -0.3 is 4.74 Å². The topological polar surface area (TPSA) is 22.1 Å². The van der Waals surface area contributed by atoms with Gasteiger partial charge >= 0.3 is 0 Å². The summed E-state index contributed by atoms with van der Waals surface area (Å²) in [6.07, 6.45) is 4.54. The first-order valence-electron chi connectivity index (χ1n) is 5.78. The second-order valence-corrected chi connectivity index (χ2v) is 4.73. The van der Waals surface area contributed by atoms with Crippen LogP contribution in [0.15, 0.2) is 36.7 Å². The third-order valence-corrected chi connectivity index (χ3v) is 3.32. The van der Waals surface area contributed by atoms with Gasteiger partial charge in [-0.1, -0.05) is 23.7 Å². The molecule has 1 aliphatic carbocycles. The van der Waals surface area contributed by atoms with Gasteiger partial charge in [0, 0.05) is 12.3 Å². The van der Waals surface area contributed by atoms with E-state index in [2.05, 4.69) is 4.98 Å². The molecule has 0 bridgehead atoms. The molecule has 3 rings (SSSR count). The number of fused-ring (bicyclic) bond motifs is 1. The van der Waals surface area contributed by atoms with E-state index in [0.29, 0.717) is 17.2 Å². The second-order valence-electron chi connectivity index (χ2n) is 4.29. The van der Waals surface area contributed by atoms with E-state index in [4.69, 9.17) is 16.3 Å². The number of rotatable bonds is 2. The molecule has 0 radical (unpaired) electrons. The first kappa shape index (κ1) is 11.5. The molecule has 2 nitrogen and oxygen atoms in total. The molecule has 1 unspecified atom stereocenters. The van der Waals surface area contributed by atoms with Crippen molar-refractivity contribution in [3.05, 3.63) is 58.6 Å². The zero-order chi connectivity index (χ0) is 12.5. The number of benzene rings is 1. The Morgan fingerprint density at radius 1 is 1.33 bits per heavy atom. The third-order valence-electron chi connectivity index (χ3n) is 3.12. The molecule has 0 fully saturated rings. The van der Waals surface area contributed by atoms with E-state index in [1.807, 2.05) is 6.07 Å². The number of halogens is 2. The predicted octanol–water partition coefficient (Wildman–Crippen LogP) is 3.94. The zero-order valence-electron chi connectivity index (χ0n) is 9.57. The van der Waals surface area contributed by atoms with Crippen LogP contribution in [0.3, 0.4) is 0 Å². The maximum Gasteiger partial charge on any atom is 0.140 e. The minimum Gasteiger partial charge on any atom is -0.484 e. The SMILES string of the molecule is Fc1cccc2c1CCC2Oc1cncc(Cl)c1. The van der Waals surface area contributed by atoms with Crippen LogP contribution in [0.1, 0.15) is 23.7 Å². The molecule has 1 aliphatic rings. The summed E-state index contributed by atoms with van der Waals surface area (Å²) in [4.78, 5) is 3.97. The molecule has 1 atom stereocenters. The maximum absolute atomic E-state index is 13.6. The van der Waals surface area contributed by atoms with E-state index < -0.39 is 0 Å². The van der Waals surface area contributed by atoms with Crippen LogP contribution in [0.25, 0.3) is 0 Å². The fourth-order valence-corrected chi connectivity index (χ4v) is 2.48. The molecule has 0 N–H and O–H groups in total. The monoisotopic (exact) mass is 263 g/mol. The van der Waals surface area contributed by atoms with Crippen molar-refractivity contribution in [3.63, 3.8) is 0 Å². The van der Waals surface area contributed by atoms with Crippen LogP contribution in [0.5, 0.6) is 5.75 Å². The summed E-state index contributed by atoms with van der Waals surface area (Å²) < 4.78 is 19.4. The molecule has 92 valence electrons. The van der Waals surface area contributed by atoms with Crippen LogP contribution in [-0.4, -0.2) is 4.98 Å². The van der Waals surface area contributed by atoms with E-state index >= 15 is 0 Å². The molecule has 0 aliphatic heterocycles. The van der Waals surface area contributed by atoms with E-state index in [1.165, 1.54) is 6.07 Å². The van der Waals surface area contributed by atoms with Crippen molar-refractivity contribution in [3.8, 4) is 5.75 Å². The fraction of sp³-hybridized carbons (Fsp3) is 0.214. The van der Waals surface area contributed by atoms with Gasteiger partial charge in [0.2, 0.25) is 0 Å². The highest BCUT2D eigenvalue weighted by atomic mass is 35.5. The number of pyridine rings is 1. The highest BCUT2D eigenvalue weighted by Gasteiger charge is 2.26. The Kier molecular flexibility index (Phi) is 2.92. The number of nitrogens with zero attached hydrogens (tertiary/aromatic N) is 1. The molecule has 0 spiro atoms. The molecule has 1 aromatic heterocycles. The Bertz CT molecular complexity index is 588. The average Bonchev–Trinajstić information content (AvgIpc) is 2.74. The molecular formula is C14H11ClFNO. The van der Waals surface area contributed by atoms with Crippen molar-refractivity contribution in [1.82, 2.24) is 4.98 Å². The van der Waals surface area contributed by atoms with Crippen molar-refractivity contribution >= 4 is 11.6 Å². The number of hydrogen-bond acceptors (Lipinski definition) is 2. The third kappa shape index (κ3) is 2.06. The fourth-order valence-electron chi connectivity index (χ4n) is 2.32. The van der Waals surface area contributed by atoms with Gasteiger partial charge in [-0.05, 0) is 30.0 Å². The number of ether oxygens (including phenoxy) is 1. The van der Waals surface area contributed by atoms with Gasteiger partial charge in [0.1, 0.15) is 17.7 Å². The summed E-state index contributed by atoms with van der Waals surface area (Å²) in [6.45, 7) is 0. The van der Waals surface area contributed by atoms with Crippen LogP contribution < -0.4 is 4.74 Å². The highest BCUT2D eigenvalue weighted by Crippen LogP contribution is 2.36. The normalized spacial score (nSPS) is 17.6. The molecule has 2 aromatic rings. The summed E-state index contributed by atoms with van der Waals surface area (Å²) in [6, 6.07) is 6.83. The van der Waals surface area contributed by atoms with Gasteiger partial charge in [-0.2, -0.15) is 0 Å².